The van der Waals surface area contributed by atoms with E-state index in [9.17, 15) is 0 Å². The highest BCUT2D eigenvalue weighted by atomic mass is 32.1. The van der Waals surface area contributed by atoms with Crippen LogP contribution < -0.4 is 25.9 Å². The van der Waals surface area contributed by atoms with Crippen molar-refractivity contribution in [1.82, 2.24) is 40.5 Å². The van der Waals surface area contributed by atoms with Gasteiger partial charge in [0, 0.05) is 110 Å². The molecule has 4 atom stereocenters. The Morgan fingerprint density at radius 1 is 0.932 bits per heavy atom. The number of hydrazine groups is 1. The van der Waals surface area contributed by atoms with Gasteiger partial charge >= 0.3 is 0 Å². The van der Waals surface area contributed by atoms with E-state index in [1.165, 1.54) is 67.8 Å². The van der Waals surface area contributed by atoms with E-state index in [1.54, 1.807) is 11.3 Å². The summed E-state index contributed by atoms with van der Waals surface area (Å²) in [6.07, 6.45) is 14.3. The number of likely N-dealkylation sites (N-methyl/N-ethyl adjacent to an activating group) is 1. The minimum absolute atomic E-state index is 0.00612. The second kappa shape index (κ2) is 23.9. The first-order valence-corrected chi connectivity index (χ1v) is 28.5. The highest BCUT2D eigenvalue weighted by Crippen LogP contribution is 2.44. The van der Waals surface area contributed by atoms with E-state index in [0.717, 1.165) is 126 Å². The van der Waals surface area contributed by atoms with E-state index in [2.05, 4.69) is 181 Å². The molecule has 0 bridgehead atoms. The van der Waals surface area contributed by atoms with Crippen LogP contribution in [0.1, 0.15) is 115 Å². The molecule has 73 heavy (non-hydrogen) atoms. The van der Waals surface area contributed by atoms with Gasteiger partial charge in [-0.3, -0.25) is 4.98 Å². The molecule has 392 valence electrons. The quantitative estimate of drug-likeness (QED) is 0.0555. The summed E-state index contributed by atoms with van der Waals surface area (Å²) in [4.78, 5) is 17.3. The number of hydrogen-bond donors (Lipinski definition) is 3. The number of benzene rings is 2. The monoisotopic (exact) mass is 1000 g/mol. The molecule has 0 amide bonds. The molecule has 0 aliphatic carbocycles. The van der Waals surface area contributed by atoms with Crippen LogP contribution in [0.5, 0.6) is 0 Å². The molecule has 5 aromatic rings. The van der Waals surface area contributed by atoms with Crippen molar-refractivity contribution in [3.8, 4) is 22.4 Å². The third-order valence-corrected chi connectivity index (χ3v) is 17.0. The normalized spacial score (nSPS) is 18.1. The Morgan fingerprint density at radius 2 is 1.73 bits per heavy atom. The van der Waals surface area contributed by atoms with E-state index in [0.29, 0.717) is 11.8 Å². The lowest BCUT2D eigenvalue weighted by atomic mass is 9.80. The average molecular weight is 1010 g/mol. The summed E-state index contributed by atoms with van der Waals surface area (Å²) < 4.78 is 2.60. The molecule has 11 heteroatoms. The van der Waals surface area contributed by atoms with Gasteiger partial charge in [0.05, 0.1) is 35.4 Å². The minimum Gasteiger partial charge on any atom is -0.380 e. The lowest BCUT2D eigenvalue weighted by Crippen LogP contribution is -2.50. The van der Waals surface area contributed by atoms with Gasteiger partial charge in [-0.15, -0.1) is 17.9 Å². The maximum atomic E-state index is 5.36. The molecule has 6 heterocycles. The Hall–Kier alpha value is -5.36. The van der Waals surface area contributed by atoms with Crippen LogP contribution in [0.15, 0.2) is 110 Å². The van der Waals surface area contributed by atoms with Gasteiger partial charge in [-0.25, -0.2) is 10.4 Å². The molecular weight excluding hydrogens is 917 g/mol. The van der Waals surface area contributed by atoms with Gasteiger partial charge in [0.15, 0.2) is 5.13 Å². The van der Waals surface area contributed by atoms with Gasteiger partial charge in [0.1, 0.15) is 0 Å². The Labute approximate surface area is 443 Å². The molecule has 8 rings (SSSR count). The van der Waals surface area contributed by atoms with Crippen LogP contribution in [0, 0.1) is 24.2 Å². The molecule has 3 unspecified atom stereocenters. The molecule has 3 fully saturated rings. The fourth-order valence-corrected chi connectivity index (χ4v) is 12.3. The number of nitrogens with zero attached hydrogens (tertiary/aromatic N) is 7. The van der Waals surface area contributed by atoms with Gasteiger partial charge in [0.25, 0.3) is 0 Å². The second-order valence-electron chi connectivity index (χ2n) is 22.7. The SMILES string of the molecule is C=CCCC(C)(C)Cc1c(-c2cc(N3CCN(C)CC3)cnc2C(C)CC)n(CC)c2ccc(-c3cc(C)cc(CC(NC(=C)[C@@H](NC(=C)C4CCN(c5nccs5)C4)C(C)C)C(=C)N4CCCCN4)c3)cc12. The maximum absolute atomic E-state index is 5.36. The summed E-state index contributed by atoms with van der Waals surface area (Å²) in [6.45, 7) is 45.7. The zero-order valence-electron chi connectivity index (χ0n) is 46.1. The molecular formula is C62H88N10S. The number of rotatable bonds is 23. The van der Waals surface area contributed by atoms with Crippen molar-refractivity contribution >= 4 is 33.1 Å². The number of hydrogen-bond acceptors (Lipinski definition) is 10. The predicted molar refractivity (Wildman–Crippen MR) is 313 cm³/mol. The van der Waals surface area contributed by atoms with Crippen LogP contribution >= 0.6 is 11.3 Å². The number of allylic oxidation sites excluding steroid dienone is 1. The largest absolute Gasteiger partial charge is 0.380 e. The number of thiazole rings is 1. The van der Waals surface area contributed by atoms with Crippen LogP contribution in [-0.4, -0.2) is 95.9 Å². The Kier molecular flexibility index (Phi) is 17.6. The summed E-state index contributed by atoms with van der Waals surface area (Å²) in [5.74, 6) is 0.954. The van der Waals surface area contributed by atoms with Crippen molar-refractivity contribution < 1.29 is 0 Å². The summed E-state index contributed by atoms with van der Waals surface area (Å²) in [5.41, 5.74) is 19.6. The Balaban J connectivity index is 1.15. The molecule has 10 nitrogen and oxygen atoms in total. The Bertz CT molecular complexity index is 2700. The van der Waals surface area contributed by atoms with Crippen LogP contribution in [0.4, 0.5) is 10.8 Å². The molecule has 3 aromatic heterocycles. The minimum atomic E-state index is -0.0844. The molecule has 2 aromatic carbocycles. The van der Waals surface area contributed by atoms with Gasteiger partial charge in [-0.05, 0) is 130 Å². The third kappa shape index (κ3) is 12.6. The number of pyridine rings is 1. The third-order valence-electron chi connectivity index (χ3n) is 16.2. The van der Waals surface area contributed by atoms with E-state index >= 15 is 0 Å². The summed E-state index contributed by atoms with van der Waals surface area (Å²) in [7, 11) is 2.23. The molecule has 3 saturated heterocycles. The van der Waals surface area contributed by atoms with Crippen molar-refractivity contribution in [2.45, 2.75) is 131 Å². The molecule has 3 aliphatic rings. The van der Waals surface area contributed by atoms with Crippen LogP contribution in [0.25, 0.3) is 33.3 Å². The number of anilines is 2. The van der Waals surface area contributed by atoms with Gasteiger partial charge in [-0.2, -0.15) is 0 Å². The van der Waals surface area contributed by atoms with Crippen LogP contribution in [-0.2, 0) is 19.4 Å². The average Bonchev–Trinajstić information content (AvgIpc) is 4.17. The zero-order valence-corrected chi connectivity index (χ0v) is 46.9. The maximum Gasteiger partial charge on any atom is 0.185 e. The lowest BCUT2D eigenvalue weighted by molar-refractivity contribution is 0.187. The van der Waals surface area contributed by atoms with E-state index in [-0.39, 0.29) is 23.4 Å². The first-order valence-electron chi connectivity index (χ1n) is 27.6. The smallest absolute Gasteiger partial charge is 0.185 e. The molecule has 0 saturated carbocycles. The summed E-state index contributed by atoms with van der Waals surface area (Å²) >= 11 is 1.71. The van der Waals surface area contributed by atoms with Crippen LogP contribution in [0.2, 0.25) is 0 Å². The topological polar surface area (TPSA) is 79.8 Å². The van der Waals surface area contributed by atoms with Crippen molar-refractivity contribution in [1.29, 1.82) is 0 Å². The predicted octanol–water partition coefficient (Wildman–Crippen LogP) is 12.7. The summed E-state index contributed by atoms with van der Waals surface area (Å²) in [5, 5.41) is 14.6. The highest BCUT2D eigenvalue weighted by molar-refractivity contribution is 7.13. The van der Waals surface area contributed by atoms with Gasteiger partial charge < -0.3 is 34.9 Å². The second-order valence-corrected chi connectivity index (χ2v) is 23.6. The number of aryl methyl sites for hydroxylation is 2. The number of nitrogens with one attached hydrogen (secondary N) is 3. The molecule has 0 radical (unpaired) electrons. The first kappa shape index (κ1) is 53.9. The van der Waals surface area contributed by atoms with Crippen molar-refractivity contribution in [2.75, 3.05) is 69.2 Å². The summed E-state index contributed by atoms with van der Waals surface area (Å²) in [6, 6.07) is 16.8. The van der Waals surface area contributed by atoms with Crippen molar-refractivity contribution in [2.24, 2.45) is 17.3 Å². The lowest BCUT2D eigenvalue weighted by Gasteiger charge is -2.38. The fraction of sp³-hybridized carbons (Fsp3) is 0.516. The molecule has 3 N–H and O–H groups in total. The fourth-order valence-electron chi connectivity index (χ4n) is 11.6. The Morgan fingerprint density at radius 3 is 2.41 bits per heavy atom. The molecule has 3 aliphatic heterocycles. The first-order chi connectivity index (χ1) is 35.1. The van der Waals surface area contributed by atoms with E-state index < -0.39 is 0 Å². The van der Waals surface area contributed by atoms with Crippen molar-refractivity contribution in [3.05, 3.63) is 132 Å². The van der Waals surface area contributed by atoms with E-state index in [1.807, 2.05) is 6.20 Å². The molecule has 0 spiro atoms. The highest BCUT2D eigenvalue weighted by Gasteiger charge is 2.32. The number of fused-ring (bicyclic) bond motifs is 1. The van der Waals surface area contributed by atoms with Gasteiger partial charge in [-0.1, -0.05) is 97.2 Å². The standard InChI is InChI=1S/C62H88N10S/c1-14-17-23-62(11,12)39-55-53-37-49(20-21-57(53)71(16-3)60(55)54-38-52(40-64-59(54)44(7)15-2)69-30-28-68(13)29-31-69)51-34-43(6)33-48(35-51)36-56(47(10)72-26-19-18-24-65-72)66-46(9)58(42(4)5)67-45(8)50-22-27-70(41-50)61-63-25-32-73-61/h14,20-21,25,32-35,37-38,40,42,44,50,56,58,65-67H,1,8-10,15-19,22-24,26-31,36,39,41H2,2-7,11-13H3/t44?,50?,56?,58-/m0/s1. The number of piperazine rings is 1. The zero-order chi connectivity index (χ0) is 52.0. The van der Waals surface area contributed by atoms with Gasteiger partial charge in [0.2, 0.25) is 0 Å². The number of aromatic nitrogens is 3. The van der Waals surface area contributed by atoms with Crippen molar-refractivity contribution in [3.63, 3.8) is 0 Å². The van der Waals surface area contributed by atoms with E-state index in [4.69, 9.17) is 18.1 Å². The van der Waals surface area contributed by atoms with Crippen LogP contribution in [0.3, 0.4) is 0 Å².